The molecule has 15 nitrogen and oxygen atoms in total. The highest BCUT2D eigenvalue weighted by molar-refractivity contribution is 7.88. The van der Waals surface area contributed by atoms with Gasteiger partial charge in [0.2, 0.25) is 11.8 Å². The first-order valence-electron chi connectivity index (χ1n) is 17.6. The number of fused-ring (bicyclic) bond motifs is 3. The zero-order valence-corrected chi connectivity index (χ0v) is 31.5. The molecule has 3 heterocycles. The van der Waals surface area contributed by atoms with Crippen molar-refractivity contribution in [1.29, 1.82) is 0 Å². The van der Waals surface area contributed by atoms with Gasteiger partial charge in [-0.05, 0) is 63.6 Å². The number of alkyl carbamates (subject to hydrolysis) is 1. The Hall–Kier alpha value is -4.10. The quantitative estimate of drug-likeness (QED) is 0.312. The third-order valence-electron chi connectivity index (χ3n) is 9.48. The highest BCUT2D eigenvalue weighted by atomic mass is 35.5. The van der Waals surface area contributed by atoms with Gasteiger partial charge in [0.15, 0.2) is 0 Å². The SMILES string of the molecule is CC(C)(C)OC(=O)N[C@H]1CCCCCC=C[C@@H]2C[C@@]2(C(=O)NS(=O)(=O)NCC(F)(F)F)NC(=O)C2C[C@@H](OC(=O)N3Cc4cccc(Cl)c4C3)CN2C1=O. The molecule has 5 amide bonds. The third-order valence-corrected chi connectivity index (χ3v) is 10.8. The Morgan fingerprint density at radius 1 is 1.09 bits per heavy atom. The summed E-state index contributed by atoms with van der Waals surface area (Å²) in [5.41, 5.74) is -1.19. The van der Waals surface area contributed by atoms with Crippen LogP contribution in [0.2, 0.25) is 5.02 Å². The largest absolute Gasteiger partial charge is 0.444 e. The summed E-state index contributed by atoms with van der Waals surface area (Å²) in [6, 6.07) is 2.75. The van der Waals surface area contributed by atoms with Gasteiger partial charge in [-0.15, -0.1) is 0 Å². The fraction of sp³-hybridized carbons (Fsp3) is 0.618. The summed E-state index contributed by atoms with van der Waals surface area (Å²) >= 11 is 6.32. The molecule has 2 fully saturated rings. The minimum atomic E-state index is -5.00. The second kappa shape index (κ2) is 15.9. The van der Waals surface area contributed by atoms with Crippen molar-refractivity contribution >= 4 is 51.7 Å². The lowest BCUT2D eigenvalue weighted by atomic mass is 10.0. The van der Waals surface area contributed by atoms with E-state index in [9.17, 15) is 45.6 Å². The number of benzene rings is 1. The molecule has 1 unspecified atom stereocenters. The number of hydrogen-bond donors (Lipinski definition) is 4. The van der Waals surface area contributed by atoms with Gasteiger partial charge < -0.3 is 25.0 Å². The lowest BCUT2D eigenvalue weighted by Gasteiger charge is -2.30. The smallest absolute Gasteiger partial charge is 0.410 e. The van der Waals surface area contributed by atoms with Gasteiger partial charge in [0.25, 0.3) is 5.91 Å². The van der Waals surface area contributed by atoms with Crippen molar-refractivity contribution in [2.45, 2.75) is 114 Å². The zero-order chi connectivity index (χ0) is 39.6. The van der Waals surface area contributed by atoms with Crippen molar-refractivity contribution < 1.29 is 55.0 Å². The van der Waals surface area contributed by atoms with Gasteiger partial charge in [0.1, 0.15) is 35.9 Å². The minimum absolute atomic E-state index is 0.0875. The van der Waals surface area contributed by atoms with Crippen LogP contribution in [0.25, 0.3) is 0 Å². The Bertz CT molecular complexity index is 1790. The first-order chi connectivity index (χ1) is 25.2. The highest BCUT2D eigenvalue weighted by Gasteiger charge is 2.62. The molecular formula is C34H44ClF3N6O9S. The number of nitrogens with one attached hydrogen (secondary N) is 4. The Morgan fingerprint density at radius 2 is 1.83 bits per heavy atom. The van der Waals surface area contributed by atoms with Crippen molar-refractivity contribution in [2.75, 3.05) is 13.1 Å². The number of allylic oxidation sites excluding steroid dienone is 1. The van der Waals surface area contributed by atoms with Crippen LogP contribution in [0.3, 0.4) is 0 Å². The molecule has 0 spiro atoms. The molecule has 4 aliphatic rings. The summed E-state index contributed by atoms with van der Waals surface area (Å²) in [5.74, 6) is -3.59. The summed E-state index contributed by atoms with van der Waals surface area (Å²) in [4.78, 5) is 70.7. The molecule has 1 aromatic carbocycles. The van der Waals surface area contributed by atoms with Crippen LogP contribution in [-0.4, -0.2) is 96.7 Å². The topological polar surface area (TPSA) is 193 Å². The molecule has 1 saturated carbocycles. The zero-order valence-electron chi connectivity index (χ0n) is 30.0. The van der Waals surface area contributed by atoms with Gasteiger partial charge in [-0.3, -0.25) is 19.3 Å². The molecule has 5 atom stereocenters. The Morgan fingerprint density at radius 3 is 2.52 bits per heavy atom. The lowest BCUT2D eigenvalue weighted by molar-refractivity contribution is -0.141. The minimum Gasteiger partial charge on any atom is -0.444 e. The first kappa shape index (κ1) is 41.1. The van der Waals surface area contributed by atoms with Crippen LogP contribution in [0.15, 0.2) is 30.4 Å². The van der Waals surface area contributed by atoms with Crippen LogP contribution in [0.1, 0.15) is 76.8 Å². The van der Waals surface area contributed by atoms with E-state index in [4.69, 9.17) is 21.1 Å². The van der Waals surface area contributed by atoms with Crippen LogP contribution in [-0.2, 0) is 47.2 Å². The van der Waals surface area contributed by atoms with Crippen molar-refractivity contribution in [1.82, 2.24) is 29.9 Å². The number of nitrogens with zero attached hydrogens (tertiary/aromatic N) is 2. The average Bonchev–Trinajstić information content (AvgIpc) is 3.36. The van der Waals surface area contributed by atoms with E-state index in [1.807, 2.05) is 6.07 Å². The molecule has 3 aliphatic heterocycles. The number of amides is 5. The van der Waals surface area contributed by atoms with E-state index < -0.39 is 88.1 Å². The number of carbonyl (C=O) groups excluding carboxylic acids is 5. The molecule has 54 heavy (non-hydrogen) atoms. The number of carbonyl (C=O) groups is 5. The molecule has 1 aromatic rings. The molecule has 0 bridgehead atoms. The van der Waals surface area contributed by atoms with Gasteiger partial charge in [-0.2, -0.15) is 26.3 Å². The molecule has 0 aromatic heterocycles. The lowest BCUT2D eigenvalue weighted by Crippen LogP contribution is -2.59. The van der Waals surface area contributed by atoms with Crippen LogP contribution in [0.5, 0.6) is 0 Å². The Labute approximate surface area is 315 Å². The van der Waals surface area contributed by atoms with Crippen molar-refractivity contribution in [3.8, 4) is 0 Å². The second-order valence-corrected chi connectivity index (χ2v) is 16.8. The van der Waals surface area contributed by atoms with Crippen LogP contribution in [0, 0.1) is 5.92 Å². The predicted octanol–water partition coefficient (Wildman–Crippen LogP) is 3.56. The summed E-state index contributed by atoms with van der Waals surface area (Å²) in [6.45, 7) is 3.13. The Balaban J connectivity index is 1.40. The number of hydrogen-bond acceptors (Lipinski definition) is 9. The van der Waals surface area contributed by atoms with Crippen molar-refractivity contribution in [3.63, 3.8) is 0 Å². The molecule has 4 N–H and O–H groups in total. The summed E-state index contributed by atoms with van der Waals surface area (Å²) in [5, 5.41) is 5.66. The van der Waals surface area contributed by atoms with Gasteiger partial charge in [-0.1, -0.05) is 48.7 Å². The maximum atomic E-state index is 14.3. The van der Waals surface area contributed by atoms with E-state index in [0.29, 0.717) is 30.7 Å². The third kappa shape index (κ3) is 10.3. The molecular weight excluding hydrogens is 761 g/mol. The van der Waals surface area contributed by atoms with Gasteiger partial charge in [0, 0.05) is 23.9 Å². The highest BCUT2D eigenvalue weighted by Crippen LogP contribution is 2.46. The molecule has 5 rings (SSSR count). The van der Waals surface area contributed by atoms with Gasteiger partial charge in [-0.25, -0.2) is 14.3 Å². The van der Waals surface area contributed by atoms with E-state index >= 15 is 0 Å². The molecule has 1 saturated heterocycles. The van der Waals surface area contributed by atoms with E-state index in [-0.39, 0.29) is 38.9 Å². The van der Waals surface area contributed by atoms with Gasteiger partial charge >= 0.3 is 28.6 Å². The normalized spacial score (nSPS) is 26.4. The van der Waals surface area contributed by atoms with Crippen molar-refractivity contribution in [3.05, 3.63) is 46.5 Å². The summed E-state index contributed by atoms with van der Waals surface area (Å²) in [6.07, 6.45) is -1.97. The molecule has 298 valence electrons. The van der Waals surface area contributed by atoms with E-state index in [0.717, 1.165) is 16.0 Å². The molecule has 0 radical (unpaired) electrons. The average molecular weight is 805 g/mol. The summed E-state index contributed by atoms with van der Waals surface area (Å²) < 4.78 is 77.2. The van der Waals surface area contributed by atoms with Crippen LogP contribution >= 0.6 is 11.6 Å². The van der Waals surface area contributed by atoms with E-state index in [2.05, 4.69) is 10.6 Å². The fourth-order valence-electron chi connectivity index (χ4n) is 6.77. The summed E-state index contributed by atoms with van der Waals surface area (Å²) in [7, 11) is -5.00. The first-order valence-corrected chi connectivity index (χ1v) is 19.4. The number of ether oxygens (including phenoxy) is 2. The maximum Gasteiger partial charge on any atom is 0.410 e. The maximum absolute atomic E-state index is 14.3. The number of rotatable bonds is 6. The van der Waals surface area contributed by atoms with E-state index in [1.165, 1.54) is 9.62 Å². The molecule has 1 aliphatic carbocycles. The van der Waals surface area contributed by atoms with Crippen molar-refractivity contribution in [2.24, 2.45) is 5.92 Å². The van der Waals surface area contributed by atoms with Gasteiger partial charge in [0.05, 0.1) is 13.1 Å². The standard InChI is InChI=1S/C34H44ClF3N6O9S/c1-32(2,3)53-30(48)40-25-13-8-6-4-5-7-11-21-15-33(21,29(47)42-54(50,51)39-19-34(36,37)38)41-27(45)26-14-22(17-44(26)28(25)46)52-31(49)43-16-20-10-9-12-24(35)23(20)18-43/h7,9-12,21-22,25-26,39H,4-6,8,13-19H2,1-3H3,(H,40,48)(H,41,45)(H,42,47)/t21-,22-,25+,26?,33-/m1/s1. The fourth-order valence-corrected chi connectivity index (χ4v) is 7.87. The monoisotopic (exact) mass is 804 g/mol. The Kier molecular flexibility index (Phi) is 12.1. The van der Waals surface area contributed by atoms with Crippen LogP contribution in [0.4, 0.5) is 22.8 Å². The number of halogens is 4. The molecule has 20 heteroatoms. The second-order valence-electron chi connectivity index (χ2n) is 14.9. The predicted molar refractivity (Wildman–Crippen MR) is 187 cm³/mol. The van der Waals surface area contributed by atoms with Crippen LogP contribution < -0.4 is 20.1 Å². The van der Waals surface area contributed by atoms with E-state index in [1.54, 1.807) is 49.8 Å². The number of alkyl halides is 3.